The van der Waals surface area contributed by atoms with Gasteiger partial charge in [0.1, 0.15) is 25.0 Å². The number of aldehydes is 1. The molecular formula is C17H22N2O6. The first-order valence-electron chi connectivity index (χ1n) is 7.76. The Morgan fingerprint density at radius 2 is 1.80 bits per heavy atom. The highest BCUT2D eigenvalue weighted by atomic mass is 16.5. The third kappa shape index (κ3) is 5.91. The van der Waals surface area contributed by atoms with E-state index in [0.717, 1.165) is 5.56 Å². The topological polar surface area (TPSA) is 113 Å². The number of hydrogen-bond donors (Lipinski definition) is 2. The number of nitrogens with one attached hydrogen (secondary N) is 1. The highest BCUT2D eigenvalue weighted by molar-refractivity contribution is 5.97. The van der Waals surface area contributed by atoms with Gasteiger partial charge in [-0.15, -0.1) is 0 Å². The summed E-state index contributed by atoms with van der Waals surface area (Å²) in [5.41, 5.74) is 0.768. The van der Waals surface area contributed by atoms with Crippen molar-refractivity contribution in [2.75, 3.05) is 0 Å². The Morgan fingerprint density at radius 1 is 1.20 bits per heavy atom. The molecule has 25 heavy (non-hydrogen) atoms. The van der Waals surface area contributed by atoms with Crippen molar-refractivity contribution < 1.29 is 29.0 Å². The van der Waals surface area contributed by atoms with Crippen molar-refractivity contribution in [2.24, 2.45) is 5.92 Å². The van der Waals surface area contributed by atoms with Crippen LogP contribution < -0.4 is 5.32 Å². The summed E-state index contributed by atoms with van der Waals surface area (Å²) in [6.45, 7) is 4.58. The summed E-state index contributed by atoms with van der Waals surface area (Å²) in [5, 5.41) is 11.5. The fourth-order valence-electron chi connectivity index (χ4n) is 2.10. The number of imide groups is 1. The molecule has 2 atom stereocenters. The second-order valence-electron chi connectivity index (χ2n) is 5.79. The summed E-state index contributed by atoms with van der Waals surface area (Å²) >= 11 is 0. The molecule has 0 fully saturated rings. The van der Waals surface area contributed by atoms with Gasteiger partial charge in [-0.05, 0) is 18.4 Å². The van der Waals surface area contributed by atoms with Crippen LogP contribution in [-0.4, -0.2) is 46.5 Å². The van der Waals surface area contributed by atoms with Crippen molar-refractivity contribution >= 4 is 24.4 Å². The molecule has 8 nitrogen and oxygen atoms in total. The summed E-state index contributed by atoms with van der Waals surface area (Å²) in [4.78, 5) is 47.0. The van der Waals surface area contributed by atoms with Crippen LogP contribution in [0.4, 0.5) is 9.59 Å². The zero-order chi connectivity index (χ0) is 19.0. The van der Waals surface area contributed by atoms with E-state index in [0.29, 0.717) is 11.2 Å². The second-order valence-corrected chi connectivity index (χ2v) is 5.79. The Bertz CT molecular complexity index is 617. The lowest BCUT2D eigenvalue weighted by Crippen LogP contribution is -2.54. The van der Waals surface area contributed by atoms with Gasteiger partial charge >= 0.3 is 12.2 Å². The van der Waals surface area contributed by atoms with Gasteiger partial charge in [0.05, 0.1) is 0 Å². The first kappa shape index (κ1) is 20.1. The fraction of sp³-hybridized carbons (Fsp3) is 0.412. The van der Waals surface area contributed by atoms with Gasteiger partial charge in [-0.25, -0.2) is 14.5 Å². The van der Waals surface area contributed by atoms with Crippen LogP contribution in [-0.2, 0) is 20.9 Å². The number of carbonyl (C=O) groups is 4. The van der Waals surface area contributed by atoms with E-state index in [1.165, 1.54) is 6.92 Å². The maximum atomic E-state index is 12.3. The number of benzene rings is 1. The summed E-state index contributed by atoms with van der Waals surface area (Å²) < 4.78 is 4.99. The molecule has 0 unspecified atom stereocenters. The highest BCUT2D eigenvalue weighted by Crippen LogP contribution is 2.11. The summed E-state index contributed by atoms with van der Waals surface area (Å²) in [6, 6.07) is 6.65. The number of alkyl carbamates (subject to hydrolysis) is 1. The van der Waals surface area contributed by atoms with E-state index in [9.17, 15) is 24.3 Å². The molecule has 0 saturated heterocycles. The zero-order valence-corrected chi connectivity index (χ0v) is 14.3. The Balaban J connectivity index is 2.68. The lowest BCUT2D eigenvalue weighted by atomic mass is 10.0. The number of ether oxygens (including phenoxy) is 1. The summed E-state index contributed by atoms with van der Waals surface area (Å²) in [7, 11) is 0. The molecule has 1 aromatic rings. The molecular weight excluding hydrogens is 328 g/mol. The predicted molar refractivity (Wildman–Crippen MR) is 88.8 cm³/mol. The molecule has 1 rings (SSSR count). The lowest BCUT2D eigenvalue weighted by molar-refractivity contribution is -0.136. The van der Waals surface area contributed by atoms with E-state index >= 15 is 0 Å². The van der Waals surface area contributed by atoms with Crippen molar-refractivity contribution in [3.05, 3.63) is 35.9 Å². The Morgan fingerprint density at radius 3 is 2.28 bits per heavy atom. The van der Waals surface area contributed by atoms with Crippen LogP contribution in [0.3, 0.4) is 0 Å². The summed E-state index contributed by atoms with van der Waals surface area (Å²) in [5.74, 6) is -1.30. The molecule has 0 aliphatic carbocycles. The molecule has 0 spiro atoms. The minimum Gasteiger partial charge on any atom is -0.465 e. The normalized spacial score (nSPS) is 12.8. The molecule has 0 heterocycles. The van der Waals surface area contributed by atoms with Gasteiger partial charge in [-0.3, -0.25) is 4.79 Å². The van der Waals surface area contributed by atoms with E-state index in [-0.39, 0.29) is 6.61 Å². The van der Waals surface area contributed by atoms with Gasteiger partial charge in [-0.2, -0.15) is 0 Å². The third-order valence-electron chi connectivity index (χ3n) is 3.48. The average molecular weight is 350 g/mol. The number of rotatable bonds is 7. The van der Waals surface area contributed by atoms with Crippen LogP contribution in [0.1, 0.15) is 26.3 Å². The van der Waals surface area contributed by atoms with Crippen LogP contribution in [0.5, 0.6) is 0 Å². The monoisotopic (exact) mass is 350 g/mol. The fourth-order valence-corrected chi connectivity index (χ4v) is 2.10. The van der Waals surface area contributed by atoms with Gasteiger partial charge in [0.25, 0.3) is 5.91 Å². The largest absolute Gasteiger partial charge is 0.465 e. The number of amides is 3. The average Bonchev–Trinajstić information content (AvgIpc) is 2.57. The first-order valence-corrected chi connectivity index (χ1v) is 7.76. The van der Waals surface area contributed by atoms with Gasteiger partial charge in [0.15, 0.2) is 0 Å². The van der Waals surface area contributed by atoms with E-state index in [2.05, 4.69) is 5.32 Å². The van der Waals surface area contributed by atoms with Crippen LogP contribution in [0.2, 0.25) is 0 Å². The molecule has 0 saturated carbocycles. The number of carboxylic acid groups (broad SMARTS) is 1. The Hall–Kier alpha value is -2.90. The lowest BCUT2D eigenvalue weighted by Gasteiger charge is -2.28. The Labute approximate surface area is 145 Å². The second kappa shape index (κ2) is 9.41. The molecule has 0 aromatic heterocycles. The van der Waals surface area contributed by atoms with E-state index in [1.54, 1.807) is 38.1 Å². The van der Waals surface area contributed by atoms with Crippen molar-refractivity contribution in [3.8, 4) is 0 Å². The van der Waals surface area contributed by atoms with Gasteiger partial charge in [0, 0.05) is 0 Å². The van der Waals surface area contributed by atoms with Crippen molar-refractivity contribution in [1.29, 1.82) is 0 Å². The van der Waals surface area contributed by atoms with Crippen LogP contribution in [0, 0.1) is 5.92 Å². The Kier molecular flexibility index (Phi) is 7.58. The molecule has 0 radical (unpaired) electrons. The molecule has 3 amide bonds. The standard InChI is InChI=1S/C17H22N2O6/c1-11(2)14(9-20)19(17(23)24)15(21)12(3)18-16(22)25-10-13-7-5-4-6-8-13/h4-9,11-12,14H,10H2,1-3H3,(H,18,22)(H,23,24)/t12-,14-/m1/s1. The highest BCUT2D eigenvalue weighted by Gasteiger charge is 2.35. The summed E-state index contributed by atoms with van der Waals surface area (Å²) in [6.07, 6.45) is -2.01. The van der Waals surface area contributed by atoms with Crippen LogP contribution >= 0.6 is 0 Å². The molecule has 0 aliphatic rings. The number of hydrogen-bond acceptors (Lipinski definition) is 5. The number of carbonyl (C=O) groups excluding carboxylic acids is 3. The third-order valence-corrected chi connectivity index (χ3v) is 3.48. The smallest absolute Gasteiger partial charge is 0.414 e. The zero-order valence-electron chi connectivity index (χ0n) is 14.3. The van der Waals surface area contributed by atoms with Crippen molar-refractivity contribution in [1.82, 2.24) is 10.2 Å². The molecule has 0 aliphatic heterocycles. The van der Waals surface area contributed by atoms with Crippen LogP contribution in [0.15, 0.2) is 30.3 Å². The van der Waals surface area contributed by atoms with Gasteiger partial charge in [0.2, 0.25) is 0 Å². The first-order chi connectivity index (χ1) is 11.8. The van der Waals surface area contributed by atoms with Gasteiger partial charge < -0.3 is 20.0 Å². The maximum absolute atomic E-state index is 12.3. The van der Waals surface area contributed by atoms with E-state index < -0.39 is 36.1 Å². The molecule has 1 aromatic carbocycles. The van der Waals surface area contributed by atoms with E-state index in [1.807, 2.05) is 6.07 Å². The number of nitrogens with zero attached hydrogens (tertiary/aromatic N) is 1. The quantitative estimate of drug-likeness (QED) is 0.728. The minimum atomic E-state index is -1.55. The molecule has 136 valence electrons. The van der Waals surface area contributed by atoms with Crippen LogP contribution in [0.25, 0.3) is 0 Å². The molecule has 0 bridgehead atoms. The van der Waals surface area contributed by atoms with Crippen molar-refractivity contribution in [3.63, 3.8) is 0 Å². The predicted octanol–water partition coefficient (Wildman–Crippen LogP) is 2.03. The molecule has 2 N–H and O–H groups in total. The maximum Gasteiger partial charge on any atom is 0.414 e. The molecule has 8 heteroatoms. The van der Waals surface area contributed by atoms with Crippen molar-refractivity contribution in [2.45, 2.75) is 39.5 Å². The van der Waals surface area contributed by atoms with Gasteiger partial charge in [-0.1, -0.05) is 44.2 Å². The SMILES string of the molecule is CC(C)[C@@H](C=O)N(C(=O)O)C(=O)[C@@H](C)NC(=O)OCc1ccccc1. The minimum absolute atomic E-state index is 0.0131. The van der Waals surface area contributed by atoms with E-state index in [4.69, 9.17) is 4.74 Å².